The lowest BCUT2D eigenvalue weighted by Gasteiger charge is -2.08. The number of Topliss-reactive ketones (excluding diaryl/α,β-unsaturated/α-hetero) is 1. The van der Waals surface area contributed by atoms with Gasteiger partial charge in [0.1, 0.15) is 5.82 Å². The van der Waals surface area contributed by atoms with Crippen LogP contribution in [0.2, 0.25) is 0 Å². The smallest absolute Gasteiger partial charge is 0.255 e. The van der Waals surface area contributed by atoms with Crippen LogP contribution in [-0.2, 0) is 23.3 Å². The molecule has 3 aromatic rings. The number of sulfone groups is 1. The Balaban J connectivity index is 1.31. The SMILES string of the molecule is Cn1c(CC2CCS(=O)(=O)C2)nnc1SCC(=O)c1ccc(NC(=O)c2ccccc2)cc1. The van der Waals surface area contributed by atoms with Crippen LogP contribution in [0.5, 0.6) is 0 Å². The minimum atomic E-state index is -2.93. The van der Waals surface area contributed by atoms with E-state index in [2.05, 4.69) is 15.5 Å². The van der Waals surface area contributed by atoms with Crippen LogP contribution < -0.4 is 5.32 Å². The number of amides is 1. The Hall–Kier alpha value is -2.98. The molecule has 2 heterocycles. The number of aromatic nitrogens is 3. The molecule has 1 aromatic heterocycles. The second kappa shape index (κ2) is 9.88. The minimum absolute atomic E-state index is 0.0626. The van der Waals surface area contributed by atoms with E-state index < -0.39 is 9.84 Å². The highest BCUT2D eigenvalue weighted by Crippen LogP contribution is 2.24. The van der Waals surface area contributed by atoms with Gasteiger partial charge >= 0.3 is 0 Å². The van der Waals surface area contributed by atoms with Crippen molar-refractivity contribution in [2.24, 2.45) is 13.0 Å². The third kappa shape index (κ3) is 5.88. The maximum Gasteiger partial charge on any atom is 0.255 e. The molecule has 0 saturated carbocycles. The summed E-state index contributed by atoms with van der Waals surface area (Å²) in [6, 6.07) is 15.7. The van der Waals surface area contributed by atoms with Gasteiger partial charge in [0.2, 0.25) is 0 Å². The van der Waals surface area contributed by atoms with Crippen molar-refractivity contribution >= 4 is 39.0 Å². The zero-order valence-electron chi connectivity index (χ0n) is 18.1. The molecular formula is C23H24N4O4S2. The Morgan fingerprint density at radius 3 is 2.45 bits per heavy atom. The lowest BCUT2D eigenvalue weighted by Crippen LogP contribution is -2.12. The molecule has 10 heteroatoms. The number of benzene rings is 2. The number of ketones is 1. The van der Waals surface area contributed by atoms with Crippen molar-refractivity contribution in [3.05, 3.63) is 71.5 Å². The number of hydrogen-bond donors (Lipinski definition) is 1. The summed E-state index contributed by atoms with van der Waals surface area (Å²) in [7, 11) is -1.10. The highest BCUT2D eigenvalue weighted by atomic mass is 32.2. The fourth-order valence-electron chi connectivity index (χ4n) is 3.69. The van der Waals surface area contributed by atoms with Crippen LogP contribution in [0.4, 0.5) is 5.69 Å². The van der Waals surface area contributed by atoms with Gasteiger partial charge in [-0.25, -0.2) is 8.42 Å². The van der Waals surface area contributed by atoms with Crippen molar-refractivity contribution in [3.8, 4) is 0 Å². The van der Waals surface area contributed by atoms with E-state index in [4.69, 9.17) is 0 Å². The maximum atomic E-state index is 12.6. The number of nitrogens with one attached hydrogen (secondary N) is 1. The first-order valence-electron chi connectivity index (χ1n) is 10.5. The van der Waals surface area contributed by atoms with E-state index >= 15 is 0 Å². The Kier molecular flexibility index (Phi) is 6.94. The van der Waals surface area contributed by atoms with Gasteiger partial charge < -0.3 is 9.88 Å². The first-order valence-corrected chi connectivity index (χ1v) is 13.3. The molecule has 1 N–H and O–H groups in total. The van der Waals surface area contributed by atoms with E-state index in [9.17, 15) is 18.0 Å². The van der Waals surface area contributed by atoms with Gasteiger partial charge in [-0.05, 0) is 48.7 Å². The van der Waals surface area contributed by atoms with Gasteiger partial charge in [0.05, 0.1) is 17.3 Å². The van der Waals surface area contributed by atoms with Gasteiger partial charge in [0.15, 0.2) is 20.8 Å². The summed E-state index contributed by atoms with van der Waals surface area (Å²) in [4.78, 5) is 24.8. The van der Waals surface area contributed by atoms with E-state index in [0.717, 1.165) is 5.82 Å². The summed E-state index contributed by atoms with van der Waals surface area (Å²) in [6.07, 6.45) is 1.21. The van der Waals surface area contributed by atoms with Gasteiger partial charge in [0.25, 0.3) is 5.91 Å². The molecule has 1 unspecified atom stereocenters. The molecule has 33 heavy (non-hydrogen) atoms. The van der Waals surface area contributed by atoms with Gasteiger partial charge in [-0.1, -0.05) is 30.0 Å². The second-order valence-electron chi connectivity index (χ2n) is 8.04. The van der Waals surface area contributed by atoms with Gasteiger partial charge in [-0.2, -0.15) is 0 Å². The average Bonchev–Trinajstić information content (AvgIpc) is 3.34. The quantitative estimate of drug-likeness (QED) is 0.386. The van der Waals surface area contributed by atoms with Gasteiger partial charge in [-0.15, -0.1) is 10.2 Å². The third-order valence-electron chi connectivity index (χ3n) is 5.56. The molecule has 2 aromatic carbocycles. The molecule has 172 valence electrons. The monoisotopic (exact) mass is 484 g/mol. The fourth-order valence-corrected chi connectivity index (χ4v) is 6.37. The second-order valence-corrected chi connectivity index (χ2v) is 11.2. The molecule has 4 rings (SSSR count). The van der Waals surface area contributed by atoms with Crippen LogP contribution in [-0.4, -0.2) is 52.1 Å². The van der Waals surface area contributed by atoms with Gasteiger partial charge in [0, 0.05) is 30.3 Å². The van der Waals surface area contributed by atoms with E-state index in [1.807, 2.05) is 17.7 Å². The maximum absolute atomic E-state index is 12.6. The summed E-state index contributed by atoms with van der Waals surface area (Å²) in [5.74, 6) is 1.15. The van der Waals surface area contributed by atoms with Crippen LogP contribution in [0.3, 0.4) is 0 Å². The predicted molar refractivity (Wildman–Crippen MR) is 127 cm³/mol. The predicted octanol–water partition coefficient (Wildman–Crippen LogP) is 3.02. The van der Waals surface area contributed by atoms with Crippen molar-refractivity contribution in [2.45, 2.75) is 18.0 Å². The molecule has 0 bridgehead atoms. The summed E-state index contributed by atoms with van der Waals surface area (Å²) in [5.41, 5.74) is 1.71. The van der Waals surface area contributed by atoms with Crippen LogP contribution in [0.25, 0.3) is 0 Å². The molecule has 1 saturated heterocycles. The molecular weight excluding hydrogens is 460 g/mol. The van der Waals surface area contributed by atoms with Crippen LogP contribution >= 0.6 is 11.8 Å². The Morgan fingerprint density at radius 1 is 1.06 bits per heavy atom. The molecule has 8 nitrogen and oxygen atoms in total. The van der Waals surface area contributed by atoms with E-state index in [0.29, 0.717) is 34.8 Å². The molecule has 0 aliphatic carbocycles. The minimum Gasteiger partial charge on any atom is -0.322 e. The number of thioether (sulfide) groups is 1. The number of carbonyl (C=O) groups is 2. The highest BCUT2D eigenvalue weighted by Gasteiger charge is 2.29. The lowest BCUT2D eigenvalue weighted by atomic mass is 10.1. The number of anilines is 1. The van der Waals surface area contributed by atoms with Crippen molar-refractivity contribution in [2.75, 3.05) is 22.6 Å². The zero-order chi connectivity index (χ0) is 23.4. The largest absolute Gasteiger partial charge is 0.322 e. The average molecular weight is 485 g/mol. The zero-order valence-corrected chi connectivity index (χ0v) is 19.7. The number of hydrogen-bond acceptors (Lipinski definition) is 7. The molecule has 0 spiro atoms. The van der Waals surface area contributed by atoms with Crippen molar-refractivity contribution < 1.29 is 18.0 Å². The molecule has 1 aliphatic heterocycles. The molecule has 0 radical (unpaired) electrons. The Bertz CT molecular complexity index is 1260. The fraction of sp³-hybridized carbons (Fsp3) is 0.304. The Labute approximate surface area is 196 Å². The summed E-state index contributed by atoms with van der Waals surface area (Å²) >= 11 is 1.29. The van der Waals surface area contributed by atoms with Crippen molar-refractivity contribution in [1.82, 2.24) is 14.8 Å². The lowest BCUT2D eigenvalue weighted by molar-refractivity contribution is 0.101. The highest BCUT2D eigenvalue weighted by molar-refractivity contribution is 7.99. The standard InChI is InChI=1S/C23H24N4O4S2/c1-27-21(13-16-11-12-33(30,31)15-16)25-26-23(27)32-14-20(28)17-7-9-19(10-8-17)24-22(29)18-5-3-2-4-6-18/h2-10,16H,11-15H2,1H3,(H,24,29). The van der Waals surface area contributed by atoms with Crippen LogP contribution in [0, 0.1) is 5.92 Å². The van der Waals surface area contributed by atoms with Crippen LogP contribution in [0.1, 0.15) is 33.0 Å². The van der Waals surface area contributed by atoms with E-state index in [1.54, 1.807) is 48.5 Å². The van der Waals surface area contributed by atoms with Crippen LogP contribution in [0.15, 0.2) is 59.8 Å². The van der Waals surface area contributed by atoms with Crippen molar-refractivity contribution in [3.63, 3.8) is 0 Å². The normalized spacial score (nSPS) is 17.1. The molecule has 1 atom stereocenters. The summed E-state index contributed by atoms with van der Waals surface area (Å²) < 4.78 is 25.2. The molecule has 1 fully saturated rings. The number of nitrogens with zero attached hydrogens (tertiary/aromatic N) is 3. The summed E-state index contributed by atoms with van der Waals surface area (Å²) in [6.45, 7) is 0. The van der Waals surface area contributed by atoms with Gasteiger partial charge in [-0.3, -0.25) is 9.59 Å². The third-order valence-corrected chi connectivity index (χ3v) is 8.41. The number of carbonyl (C=O) groups excluding carboxylic acids is 2. The van der Waals surface area contributed by atoms with Crippen molar-refractivity contribution in [1.29, 1.82) is 0 Å². The topological polar surface area (TPSA) is 111 Å². The number of rotatable bonds is 8. The first kappa shape index (κ1) is 23.2. The summed E-state index contributed by atoms with van der Waals surface area (Å²) in [5, 5.41) is 11.8. The molecule has 1 amide bonds. The van der Waals surface area contributed by atoms with E-state index in [1.165, 1.54) is 11.8 Å². The Morgan fingerprint density at radius 2 is 1.79 bits per heavy atom. The van der Waals surface area contributed by atoms with E-state index in [-0.39, 0.29) is 34.9 Å². The molecule has 1 aliphatic rings. The first-order chi connectivity index (χ1) is 15.8.